The summed E-state index contributed by atoms with van der Waals surface area (Å²) in [5.41, 5.74) is 3.88. The van der Waals surface area contributed by atoms with Crippen LogP contribution in [0, 0.1) is 5.92 Å². The minimum Gasteiger partial charge on any atom is -0.481 e. The molecule has 0 atom stereocenters. The van der Waals surface area contributed by atoms with E-state index in [1.807, 2.05) is 29.6 Å². The number of aromatic nitrogens is 1. The third kappa shape index (κ3) is 3.06. The first-order valence-electron chi connectivity index (χ1n) is 9.83. The van der Waals surface area contributed by atoms with Crippen molar-refractivity contribution >= 4 is 23.4 Å². The van der Waals surface area contributed by atoms with Crippen LogP contribution in [0.3, 0.4) is 0 Å². The Labute approximate surface area is 177 Å². The zero-order valence-electron chi connectivity index (χ0n) is 16.1. The number of fused-ring (bicyclic) bond motifs is 3. The number of aliphatic carboxylic acids is 1. The van der Waals surface area contributed by atoms with Crippen molar-refractivity contribution in [1.82, 2.24) is 10.3 Å². The number of benzene rings is 2. The van der Waals surface area contributed by atoms with Crippen LogP contribution in [0.5, 0.6) is 0 Å². The lowest BCUT2D eigenvalue weighted by atomic mass is 9.68. The van der Waals surface area contributed by atoms with Crippen molar-refractivity contribution in [3.05, 3.63) is 76.2 Å². The molecule has 2 aliphatic rings. The Morgan fingerprint density at radius 1 is 1.10 bits per heavy atom. The topological polar surface area (TPSA) is 88.5 Å². The highest BCUT2D eigenvalue weighted by molar-refractivity contribution is 7.09. The molecule has 1 fully saturated rings. The van der Waals surface area contributed by atoms with Crippen LogP contribution < -0.4 is 5.32 Å². The number of carbonyl (C=O) groups excluding carboxylic acids is 1. The number of nitrogens with one attached hydrogen (secondary N) is 1. The van der Waals surface area contributed by atoms with E-state index in [0.29, 0.717) is 17.8 Å². The number of carboxylic acids is 1. The number of nitrogens with zero attached hydrogens (tertiary/aromatic N) is 1. The molecule has 2 aliphatic carbocycles. The van der Waals surface area contributed by atoms with Crippen molar-refractivity contribution < 1.29 is 19.4 Å². The summed E-state index contributed by atoms with van der Waals surface area (Å²) in [5, 5.41) is 14.7. The van der Waals surface area contributed by atoms with E-state index in [1.165, 1.54) is 22.5 Å². The molecule has 0 bridgehead atoms. The fraction of sp³-hybridized carbons (Fsp3) is 0.261. The zero-order chi connectivity index (χ0) is 20.7. The predicted molar refractivity (Wildman–Crippen MR) is 112 cm³/mol. The molecule has 5 rings (SSSR count). The molecule has 3 aromatic rings. The van der Waals surface area contributed by atoms with Gasteiger partial charge in [-0.05, 0) is 35.1 Å². The second kappa shape index (κ2) is 7.25. The van der Waals surface area contributed by atoms with Crippen LogP contribution in [-0.2, 0) is 15.1 Å². The molecule has 1 heterocycles. The monoisotopic (exact) mass is 420 g/mol. The summed E-state index contributed by atoms with van der Waals surface area (Å²) in [7, 11) is 0. The van der Waals surface area contributed by atoms with Crippen molar-refractivity contribution in [3.8, 4) is 11.1 Å². The molecule has 0 radical (unpaired) electrons. The number of rotatable bonds is 5. The molecule has 0 saturated heterocycles. The quantitative estimate of drug-likeness (QED) is 0.640. The van der Waals surface area contributed by atoms with Gasteiger partial charge >= 0.3 is 12.1 Å². The normalized spacial score (nSPS) is 21.9. The maximum atomic E-state index is 12.7. The van der Waals surface area contributed by atoms with Crippen LogP contribution in [0.15, 0.2) is 60.1 Å². The molecule has 7 heteroatoms. The van der Waals surface area contributed by atoms with Crippen molar-refractivity contribution in [2.24, 2.45) is 5.92 Å². The van der Waals surface area contributed by atoms with Crippen molar-refractivity contribution in [1.29, 1.82) is 0 Å². The van der Waals surface area contributed by atoms with Crippen LogP contribution >= 0.6 is 11.3 Å². The van der Waals surface area contributed by atoms with Crippen molar-refractivity contribution in [2.75, 3.05) is 6.61 Å². The fourth-order valence-corrected chi connectivity index (χ4v) is 5.39. The number of hydrogen-bond acceptors (Lipinski definition) is 5. The summed E-state index contributed by atoms with van der Waals surface area (Å²) in [6.45, 7) is 0.218. The van der Waals surface area contributed by atoms with E-state index in [2.05, 4.69) is 34.6 Å². The van der Waals surface area contributed by atoms with E-state index >= 15 is 0 Å². The van der Waals surface area contributed by atoms with Gasteiger partial charge in [0.05, 0.1) is 11.5 Å². The second-order valence-electron chi connectivity index (χ2n) is 7.81. The molecule has 152 valence electrons. The minimum atomic E-state index is -0.850. The molecule has 0 unspecified atom stereocenters. The second-order valence-corrected chi connectivity index (χ2v) is 8.71. The molecule has 2 aromatic carbocycles. The SMILES string of the molecule is O=C(NC1(c2nccs2)CC(C(=O)O)C1)OCC1c2ccccc2-c2ccccc21. The van der Waals surface area contributed by atoms with Gasteiger partial charge in [-0.25, -0.2) is 9.78 Å². The average molecular weight is 420 g/mol. The number of carboxylic acid groups (broad SMARTS) is 1. The maximum Gasteiger partial charge on any atom is 0.407 e. The minimum absolute atomic E-state index is 0.0212. The van der Waals surface area contributed by atoms with Gasteiger partial charge in [-0.3, -0.25) is 4.79 Å². The van der Waals surface area contributed by atoms with E-state index in [9.17, 15) is 14.7 Å². The third-order valence-corrected chi connectivity index (χ3v) is 7.04. The van der Waals surface area contributed by atoms with Crippen LogP contribution in [0.2, 0.25) is 0 Å². The smallest absolute Gasteiger partial charge is 0.407 e. The van der Waals surface area contributed by atoms with E-state index < -0.39 is 23.5 Å². The molecule has 1 saturated carbocycles. The predicted octanol–water partition coefficient (Wildman–Crippen LogP) is 4.37. The van der Waals surface area contributed by atoms with E-state index in [-0.39, 0.29) is 12.5 Å². The summed E-state index contributed by atoms with van der Waals surface area (Å²) < 4.78 is 5.64. The summed E-state index contributed by atoms with van der Waals surface area (Å²) in [5.74, 6) is -1.36. The van der Waals surface area contributed by atoms with Gasteiger partial charge in [0, 0.05) is 17.5 Å². The molecule has 0 aliphatic heterocycles. The Balaban J connectivity index is 1.31. The first-order valence-corrected chi connectivity index (χ1v) is 10.7. The van der Waals surface area contributed by atoms with Crippen LogP contribution in [0.25, 0.3) is 11.1 Å². The first kappa shape index (κ1) is 18.8. The first-order chi connectivity index (χ1) is 14.6. The largest absolute Gasteiger partial charge is 0.481 e. The Bertz CT molecular complexity index is 1060. The summed E-state index contributed by atoms with van der Waals surface area (Å²) in [4.78, 5) is 28.3. The van der Waals surface area contributed by atoms with Crippen molar-refractivity contribution in [2.45, 2.75) is 24.3 Å². The van der Waals surface area contributed by atoms with Gasteiger partial charge in [-0.15, -0.1) is 11.3 Å². The third-order valence-electron chi connectivity index (χ3n) is 6.07. The Kier molecular flexibility index (Phi) is 4.55. The van der Waals surface area contributed by atoms with Gasteiger partial charge < -0.3 is 15.2 Å². The number of amides is 1. The summed E-state index contributed by atoms with van der Waals surface area (Å²) in [6.07, 6.45) is 1.76. The lowest BCUT2D eigenvalue weighted by molar-refractivity contribution is -0.148. The lowest BCUT2D eigenvalue weighted by Gasteiger charge is -2.44. The van der Waals surface area contributed by atoms with Gasteiger partial charge in [0.15, 0.2) is 0 Å². The van der Waals surface area contributed by atoms with Crippen LogP contribution in [0.4, 0.5) is 4.79 Å². The van der Waals surface area contributed by atoms with E-state index in [4.69, 9.17) is 4.74 Å². The molecular formula is C23H20N2O4S. The molecule has 6 nitrogen and oxygen atoms in total. The van der Waals surface area contributed by atoms with E-state index in [0.717, 1.165) is 11.1 Å². The summed E-state index contributed by atoms with van der Waals surface area (Å²) >= 11 is 1.41. The van der Waals surface area contributed by atoms with Crippen molar-refractivity contribution in [3.63, 3.8) is 0 Å². The van der Waals surface area contributed by atoms with Crippen LogP contribution in [-0.4, -0.2) is 28.8 Å². The standard InChI is InChI=1S/C23H20N2O4S/c26-20(27)14-11-23(12-14,21-24-9-10-30-21)25-22(28)29-13-19-17-7-3-1-5-15(17)16-6-2-4-8-18(16)19/h1-10,14,19H,11-13H2,(H,25,28)(H,26,27). The maximum absolute atomic E-state index is 12.7. The molecule has 0 spiro atoms. The fourth-order valence-electron chi connectivity index (χ4n) is 4.58. The average Bonchev–Trinajstić information content (AvgIpc) is 3.36. The highest BCUT2D eigenvalue weighted by Crippen LogP contribution is 2.47. The number of carbonyl (C=O) groups is 2. The van der Waals surface area contributed by atoms with Gasteiger partial charge in [-0.2, -0.15) is 0 Å². The number of ether oxygens (including phenoxy) is 1. The summed E-state index contributed by atoms with van der Waals surface area (Å²) in [6, 6.07) is 16.3. The molecule has 1 amide bonds. The number of alkyl carbamates (subject to hydrolysis) is 1. The molecule has 2 N–H and O–H groups in total. The van der Waals surface area contributed by atoms with Gasteiger partial charge in [0.2, 0.25) is 0 Å². The lowest BCUT2D eigenvalue weighted by Crippen LogP contribution is -2.56. The Morgan fingerprint density at radius 3 is 2.30 bits per heavy atom. The Morgan fingerprint density at radius 2 is 1.73 bits per heavy atom. The highest BCUT2D eigenvalue weighted by atomic mass is 32.1. The Hall–Kier alpha value is -3.19. The molecule has 1 aromatic heterocycles. The van der Waals surface area contributed by atoms with Crippen LogP contribution in [0.1, 0.15) is 34.9 Å². The van der Waals surface area contributed by atoms with E-state index in [1.54, 1.807) is 6.20 Å². The molecular weight excluding hydrogens is 400 g/mol. The van der Waals surface area contributed by atoms with Gasteiger partial charge in [-0.1, -0.05) is 48.5 Å². The number of hydrogen-bond donors (Lipinski definition) is 2. The van der Waals surface area contributed by atoms with Gasteiger partial charge in [0.25, 0.3) is 0 Å². The highest BCUT2D eigenvalue weighted by Gasteiger charge is 2.52. The van der Waals surface area contributed by atoms with Gasteiger partial charge in [0.1, 0.15) is 11.6 Å². The molecule has 30 heavy (non-hydrogen) atoms. The number of thiazole rings is 1. The zero-order valence-corrected chi connectivity index (χ0v) is 16.9.